The molecule has 1 nitrogen and oxygen atoms in total. The SMILES string of the molecule is CC(C)(C)P(C(C)(C)C)C(C)(C)C=C=O. The van der Waals surface area contributed by atoms with Gasteiger partial charge in [0.15, 0.2) is 0 Å². The molecule has 0 atom stereocenters. The minimum Gasteiger partial charge on any atom is -0.234 e. The van der Waals surface area contributed by atoms with Gasteiger partial charge < -0.3 is 0 Å². The molecule has 0 amide bonds. The number of hydrogen-bond acceptors (Lipinski definition) is 1. The van der Waals surface area contributed by atoms with Crippen molar-refractivity contribution in [3.05, 3.63) is 6.08 Å². The first-order valence-electron chi connectivity index (χ1n) is 5.45. The lowest BCUT2D eigenvalue weighted by atomic mass is 10.2. The normalized spacial score (nSPS) is 13.9. The average molecular weight is 228 g/mol. The zero-order valence-corrected chi connectivity index (χ0v) is 12.3. The van der Waals surface area contributed by atoms with Crippen molar-refractivity contribution in [1.82, 2.24) is 0 Å². The van der Waals surface area contributed by atoms with E-state index in [0.29, 0.717) is 0 Å². The van der Waals surface area contributed by atoms with Gasteiger partial charge in [-0.2, -0.15) is 0 Å². The molecule has 0 spiro atoms. The summed E-state index contributed by atoms with van der Waals surface area (Å²) in [5.41, 5.74) is 0. The summed E-state index contributed by atoms with van der Waals surface area (Å²) < 4.78 is 0. The van der Waals surface area contributed by atoms with Crippen LogP contribution in [0.2, 0.25) is 0 Å². The average Bonchev–Trinajstić information content (AvgIpc) is 1.75. The Morgan fingerprint density at radius 2 is 1.20 bits per heavy atom. The lowest BCUT2D eigenvalue weighted by Gasteiger charge is -2.49. The van der Waals surface area contributed by atoms with Crippen LogP contribution in [0.4, 0.5) is 0 Å². The Morgan fingerprint density at radius 1 is 0.867 bits per heavy atom. The molecule has 0 fully saturated rings. The molecule has 0 bridgehead atoms. The molecule has 0 saturated heterocycles. The largest absolute Gasteiger partial charge is 0.234 e. The maximum Gasteiger partial charge on any atom is 0.120 e. The van der Waals surface area contributed by atoms with Gasteiger partial charge in [-0.3, -0.25) is 0 Å². The summed E-state index contributed by atoms with van der Waals surface area (Å²) in [6.45, 7) is 17.9. The van der Waals surface area contributed by atoms with Crippen LogP contribution in [0.5, 0.6) is 0 Å². The molecule has 0 aliphatic rings. The summed E-state index contributed by atoms with van der Waals surface area (Å²) in [7, 11) is -0.310. The van der Waals surface area contributed by atoms with Gasteiger partial charge in [-0.1, -0.05) is 63.3 Å². The maximum atomic E-state index is 10.6. The zero-order valence-electron chi connectivity index (χ0n) is 11.4. The second-order valence-electron chi connectivity index (χ2n) is 6.59. The highest BCUT2D eigenvalue weighted by Crippen LogP contribution is 2.67. The van der Waals surface area contributed by atoms with Crippen LogP contribution in [-0.4, -0.2) is 21.4 Å². The van der Waals surface area contributed by atoms with Crippen molar-refractivity contribution in [3.63, 3.8) is 0 Å². The van der Waals surface area contributed by atoms with Crippen LogP contribution in [-0.2, 0) is 4.79 Å². The first-order chi connectivity index (χ1) is 6.43. The monoisotopic (exact) mass is 228 g/mol. The quantitative estimate of drug-likeness (QED) is 0.510. The van der Waals surface area contributed by atoms with E-state index in [1.165, 1.54) is 0 Å². The van der Waals surface area contributed by atoms with Gasteiger partial charge in [0.1, 0.15) is 5.94 Å². The van der Waals surface area contributed by atoms with E-state index in [-0.39, 0.29) is 23.4 Å². The Balaban J connectivity index is 5.41. The van der Waals surface area contributed by atoms with Gasteiger partial charge in [0, 0.05) is 11.2 Å². The Bertz CT molecular complexity index is 245. The Morgan fingerprint density at radius 3 is 1.40 bits per heavy atom. The summed E-state index contributed by atoms with van der Waals surface area (Å²) in [6, 6.07) is 0. The van der Waals surface area contributed by atoms with Crippen LogP contribution in [0, 0.1) is 0 Å². The highest BCUT2D eigenvalue weighted by atomic mass is 31.1. The molecule has 0 aliphatic heterocycles. The Kier molecular flexibility index (Phi) is 4.36. The molecule has 0 saturated carbocycles. The van der Waals surface area contributed by atoms with Crippen LogP contribution in [0.3, 0.4) is 0 Å². The molecule has 0 aromatic heterocycles. The van der Waals surface area contributed by atoms with Crippen LogP contribution < -0.4 is 0 Å². The molecule has 0 heterocycles. The van der Waals surface area contributed by atoms with E-state index in [0.717, 1.165) is 0 Å². The summed E-state index contributed by atoms with van der Waals surface area (Å²) in [5, 5.41) is 0.433. The molecule has 0 unspecified atom stereocenters. The lowest BCUT2D eigenvalue weighted by molar-refractivity contribution is 0.566. The van der Waals surface area contributed by atoms with Gasteiger partial charge in [-0.15, -0.1) is 0 Å². The van der Waals surface area contributed by atoms with E-state index in [4.69, 9.17) is 0 Å². The zero-order chi connectivity index (χ0) is 12.5. The Labute approximate surface area is 96.1 Å². The highest BCUT2D eigenvalue weighted by Gasteiger charge is 2.43. The third-order valence-corrected chi connectivity index (χ3v) is 6.30. The molecule has 0 rings (SSSR count). The fraction of sp³-hybridized carbons (Fsp3) is 0.846. The predicted molar refractivity (Wildman–Crippen MR) is 70.8 cm³/mol. The summed E-state index contributed by atoms with van der Waals surface area (Å²) in [4.78, 5) is 10.6. The van der Waals surface area contributed by atoms with Crippen molar-refractivity contribution >= 4 is 13.9 Å². The third kappa shape index (κ3) is 4.09. The second kappa shape index (κ2) is 4.40. The highest BCUT2D eigenvalue weighted by molar-refractivity contribution is 7.62. The lowest BCUT2D eigenvalue weighted by Crippen LogP contribution is -2.35. The van der Waals surface area contributed by atoms with E-state index in [2.05, 4.69) is 55.4 Å². The molecule has 0 radical (unpaired) electrons. The van der Waals surface area contributed by atoms with Crippen molar-refractivity contribution in [1.29, 1.82) is 0 Å². The molecule has 0 aliphatic carbocycles. The molecule has 15 heavy (non-hydrogen) atoms. The van der Waals surface area contributed by atoms with Gasteiger partial charge >= 0.3 is 0 Å². The fourth-order valence-corrected chi connectivity index (χ4v) is 8.60. The predicted octanol–water partition coefficient (Wildman–Crippen LogP) is 4.23. The van der Waals surface area contributed by atoms with Gasteiger partial charge in [0.05, 0.1) is 0 Å². The van der Waals surface area contributed by atoms with E-state index < -0.39 is 0 Å². The topological polar surface area (TPSA) is 17.1 Å². The van der Waals surface area contributed by atoms with Gasteiger partial charge in [-0.05, 0) is 10.3 Å². The van der Waals surface area contributed by atoms with Crippen molar-refractivity contribution in [2.24, 2.45) is 0 Å². The molecule has 2 heteroatoms. The fourth-order valence-electron chi connectivity index (χ4n) is 2.94. The van der Waals surface area contributed by atoms with Crippen molar-refractivity contribution in [2.75, 3.05) is 0 Å². The van der Waals surface area contributed by atoms with Crippen molar-refractivity contribution in [2.45, 2.75) is 70.9 Å². The van der Waals surface area contributed by atoms with Crippen LogP contribution in [0.25, 0.3) is 0 Å². The minimum atomic E-state index is -0.310. The molecule has 0 aromatic carbocycles. The Hall–Kier alpha value is -0.120. The molecular formula is C13H25OP. The first kappa shape index (κ1) is 14.9. The van der Waals surface area contributed by atoms with E-state index in [1.807, 2.05) is 5.94 Å². The molecule has 88 valence electrons. The van der Waals surface area contributed by atoms with E-state index >= 15 is 0 Å². The van der Waals surface area contributed by atoms with Crippen LogP contribution in [0.1, 0.15) is 55.4 Å². The van der Waals surface area contributed by atoms with Crippen molar-refractivity contribution < 1.29 is 4.79 Å². The summed E-state index contributed by atoms with van der Waals surface area (Å²) in [6.07, 6.45) is 1.70. The first-order valence-corrected chi connectivity index (χ1v) is 6.79. The third-order valence-electron chi connectivity index (χ3n) is 2.33. The second-order valence-corrected chi connectivity index (χ2v) is 11.1. The standard InChI is InChI=1S/C13H25OP/c1-11(2,3)15(12(4,5)6)13(7,8)9-10-14/h9H,1-8H3. The van der Waals surface area contributed by atoms with Crippen LogP contribution >= 0.6 is 7.92 Å². The van der Waals surface area contributed by atoms with Gasteiger partial charge in [0.2, 0.25) is 0 Å². The number of hydrogen-bond donors (Lipinski definition) is 0. The molecular weight excluding hydrogens is 203 g/mol. The maximum absolute atomic E-state index is 10.6. The van der Waals surface area contributed by atoms with Crippen molar-refractivity contribution in [3.8, 4) is 0 Å². The molecule has 0 N–H and O–H groups in total. The van der Waals surface area contributed by atoms with Crippen LogP contribution in [0.15, 0.2) is 6.08 Å². The number of rotatable bonds is 2. The van der Waals surface area contributed by atoms with E-state index in [9.17, 15) is 4.79 Å². The van der Waals surface area contributed by atoms with Gasteiger partial charge in [0.25, 0.3) is 0 Å². The number of allylic oxidation sites excluding steroid dienone is 1. The molecule has 0 aromatic rings. The number of carbonyl (C=O) groups excluding carboxylic acids is 1. The van der Waals surface area contributed by atoms with E-state index in [1.54, 1.807) is 6.08 Å². The summed E-state index contributed by atoms with van der Waals surface area (Å²) in [5.74, 6) is 1.97. The van der Waals surface area contributed by atoms with Gasteiger partial charge in [-0.25, -0.2) is 4.79 Å². The summed E-state index contributed by atoms with van der Waals surface area (Å²) >= 11 is 0. The smallest absolute Gasteiger partial charge is 0.120 e. The minimum absolute atomic E-state index is 0.0480.